The Kier molecular flexibility index (Phi) is 9.24. The van der Waals surface area contributed by atoms with Gasteiger partial charge in [-0.3, -0.25) is 4.79 Å². The monoisotopic (exact) mass is 463 g/mol. The Morgan fingerprint density at radius 2 is 1.84 bits per heavy atom. The van der Waals surface area contributed by atoms with E-state index in [2.05, 4.69) is 20.9 Å². The molecular weight excluding hydrogens is 445 g/mol. The van der Waals surface area contributed by atoms with Gasteiger partial charge in [0, 0.05) is 28.5 Å². The summed E-state index contributed by atoms with van der Waals surface area (Å²) in [4.78, 5) is 20.0. The second-order valence-electron chi connectivity index (χ2n) is 5.55. The number of amides is 1. The smallest absolute Gasteiger partial charge is 0.272 e. The molecule has 0 spiro atoms. The van der Waals surface area contributed by atoms with E-state index in [1.54, 1.807) is 17.8 Å². The minimum absolute atomic E-state index is 0. The molecule has 1 aromatic heterocycles. The van der Waals surface area contributed by atoms with Crippen LogP contribution in [0.4, 0.5) is 0 Å². The molecule has 2 heterocycles. The second kappa shape index (κ2) is 10.4. The van der Waals surface area contributed by atoms with Crippen LogP contribution >= 0.6 is 52.5 Å². The summed E-state index contributed by atoms with van der Waals surface area (Å²) < 4.78 is 1.03. The molecular formula is C17H20BrCl2N3OS. The van der Waals surface area contributed by atoms with Crippen molar-refractivity contribution in [2.45, 2.75) is 28.8 Å². The Morgan fingerprint density at radius 1 is 1.16 bits per heavy atom. The molecule has 3 rings (SSSR count). The molecule has 0 atom stereocenters. The third kappa shape index (κ3) is 6.15. The van der Waals surface area contributed by atoms with Gasteiger partial charge in [-0.05, 0) is 43.2 Å². The van der Waals surface area contributed by atoms with Crippen molar-refractivity contribution in [1.29, 1.82) is 0 Å². The van der Waals surface area contributed by atoms with Crippen LogP contribution < -0.4 is 5.73 Å². The topological polar surface area (TPSA) is 59.2 Å². The van der Waals surface area contributed by atoms with Crippen molar-refractivity contribution in [3.05, 3.63) is 52.6 Å². The molecule has 0 radical (unpaired) electrons. The minimum atomic E-state index is -0.00593. The number of carbonyl (C=O) groups excluding carboxylic acids is 1. The lowest BCUT2D eigenvalue weighted by Crippen LogP contribution is -2.43. The number of aromatic nitrogens is 1. The van der Waals surface area contributed by atoms with Crippen LogP contribution in [-0.2, 0) is 0 Å². The highest BCUT2D eigenvalue weighted by Crippen LogP contribution is 2.28. The van der Waals surface area contributed by atoms with Gasteiger partial charge in [0.25, 0.3) is 5.91 Å². The summed E-state index contributed by atoms with van der Waals surface area (Å²) >= 11 is 5.01. The van der Waals surface area contributed by atoms with Gasteiger partial charge < -0.3 is 10.6 Å². The van der Waals surface area contributed by atoms with Crippen molar-refractivity contribution in [3.8, 4) is 0 Å². The van der Waals surface area contributed by atoms with Crippen molar-refractivity contribution in [1.82, 2.24) is 9.88 Å². The van der Waals surface area contributed by atoms with Gasteiger partial charge in [0.1, 0.15) is 10.7 Å². The van der Waals surface area contributed by atoms with Crippen LogP contribution in [0, 0.1) is 0 Å². The zero-order chi connectivity index (χ0) is 16.2. The number of benzene rings is 1. The number of nitrogens with two attached hydrogens (primary N) is 1. The predicted molar refractivity (Wildman–Crippen MR) is 110 cm³/mol. The normalized spacial score (nSPS) is 14.4. The molecule has 0 unspecified atom stereocenters. The van der Waals surface area contributed by atoms with Crippen molar-refractivity contribution in [3.63, 3.8) is 0 Å². The van der Waals surface area contributed by atoms with Crippen LogP contribution in [0.5, 0.6) is 0 Å². The number of pyridine rings is 1. The average molecular weight is 465 g/mol. The standard InChI is InChI=1S/C17H18BrN3OS.2ClH/c18-12-3-1-4-14(11-12)23-16-6-2-5-15(20-16)17(22)21-9-7-13(19)8-10-21;;/h1-6,11,13H,7-10,19H2;2*1H. The molecule has 4 nitrogen and oxygen atoms in total. The summed E-state index contributed by atoms with van der Waals surface area (Å²) in [6, 6.07) is 13.8. The molecule has 1 saturated heterocycles. The van der Waals surface area contributed by atoms with Crippen LogP contribution in [0.2, 0.25) is 0 Å². The average Bonchev–Trinajstić information content (AvgIpc) is 2.55. The van der Waals surface area contributed by atoms with Crippen LogP contribution in [0.3, 0.4) is 0 Å². The zero-order valence-electron chi connectivity index (χ0n) is 13.4. The Morgan fingerprint density at radius 3 is 2.52 bits per heavy atom. The number of hydrogen-bond acceptors (Lipinski definition) is 4. The minimum Gasteiger partial charge on any atom is -0.337 e. The summed E-state index contributed by atoms with van der Waals surface area (Å²) in [6.45, 7) is 1.43. The Balaban J connectivity index is 0.00000156. The molecule has 2 aromatic rings. The van der Waals surface area contributed by atoms with Gasteiger partial charge in [-0.1, -0.05) is 39.8 Å². The van der Waals surface area contributed by atoms with Gasteiger partial charge in [-0.15, -0.1) is 24.8 Å². The first kappa shape index (κ1) is 22.3. The quantitative estimate of drug-likeness (QED) is 0.731. The first-order valence-electron chi connectivity index (χ1n) is 7.57. The second-order valence-corrected chi connectivity index (χ2v) is 7.56. The zero-order valence-corrected chi connectivity index (χ0v) is 17.5. The lowest BCUT2D eigenvalue weighted by Gasteiger charge is -2.29. The highest BCUT2D eigenvalue weighted by Gasteiger charge is 2.22. The maximum atomic E-state index is 12.6. The highest BCUT2D eigenvalue weighted by atomic mass is 79.9. The van der Waals surface area contributed by atoms with Gasteiger partial charge in [-0.25, -0.2) is 4.98 Å². The fourth-order valence-electron chi connectivity index (χ4n) is 2.51. The number of halogens is 3. The van der Waals surface area contributed by atoms with Crippen molar-refractivity contribution >= 4 is 58.4 Å². The van der Waals surface area contributed by atoms with E-state index in [4.69, 9.17) is 5.73 Å². The summed E-state index contributed by atoms with van der Waals surface area (Å²) in [6.07, 6.45) is 1.72. The highest BCUT2D eigenvalue weighted by molar-refractivity contribution is 9.10. The predicted octanol–water partition coefficient (Wildman–Crippen LogP) is 4.40. The van der Waals surface area contributed by atoms with E-state index in [1.165, 1.54) is 0 Å². The van der Waals surface area contributed by atoms with Crippen molar-refractivity contribution in [2.75, 3.05) is 13.1 Å². The number of carbonyl (C=O) groups is 1. The van der Waals surface area contributed by atoms with Gasteiger partial charge in [0.15, 0.2) is 0 Å². The summed E-state index contributed by atoms with van der Waals surface area (Å²) in [7, 11) is 0. The van der Waals surface area contributed by atoms with Gasteiger partial charge >= 0.3 is 0 Å². The van der Waals surface area contributed by atoms with Crippen molar-refractivity contribution in [2.24, 2.45) is 5.73 Å². The number of nitrogens with zero attached hydrogens (tertiary/aromatic N) is 2. The van der Waals surface area contributed by atoms with E-state index >= 15 is 0 Å². The molecule has 1 aliphatic rings. The largest absolute Gasteiger partial charge is 0.337 e. The summed E-state index contributed by atoms with van der Waals surface area (Å²) in [5.41, 5.74) is 6.40. The molecule has 0 aliphatic carbocycles. The third-order valence-corrected chi connectivity index (χ3v) is 5.21. The number of piperidine rings is 1. The lowest BCUT2D eigenvalue weighted by atomic mass is 10.1. The molecule has 0 saturated carbocycles. The molecule has 1 aliphatic heterocycles. The maximum Gasteiger partial charge on any atom is 0.272 e. The third-order valence-electron chi connectivity index (χ3n) is 3.79. The first-order valence-corrected chi connectivity index (χ1v) is 9.18. The molecule has 1 fully saturated rings. The molecule has 1 aromatic carbocycles. The molecule has 8 heteroatoms. The van der Waals surface area contributed by atoms with Crippen LogP contribution in [-0.4, -0.2) is 34.9 Å². The molecule has 0 bridgehead atoms. The molecule has 25 heavy (non-hydrogen) atoms. The number of hydrogen-bond donors (Lipinski definition) is 1. The van der Waals surface area contributed by atoms with Gasteiger partial charge in [0.2, 0.25) is 0 Å². The van der Waals surface area contributed by atoms with Crippen LogP contribution in [0.15, 0.2) is 56.9 Å². The van der Waals surface area contributed by atoms with Crippen LogP contribution in [0.1, 0.15) is 23.3 Å². The van der Waals surface area contributed by atoms with E-state index in [9.17, 15) is 4.79 Å². The molecule has 1 amide bonds. The summed E-state index contributed by atoms with van der Waals surface area (Å²) in [5, 5.41) is 0.822. The van der Waals surface area contributed by atoms with Gasteiger partial charge in [0.05, 0.1) is 0 Å². The molecule has 136 valence electrons. The number of rotatable bonds is 3. The van der Waals surface area contributed by atoms with Crippen molar-refractivity contribution < 1.29 is 4.79 Å². The summed E-state index contributed by atoms with van der Waals surface area (Å²) in [5.74, 6) is -0.00593. The number of likely N-dealkylation sites (tertiary alicyclic amines) is 1. The van der Waals surface area contributed by atoms with Crippen LogP contribution in [0.25, 0.3) is 0 Å². The fourth-order valence-corrected chi connectivity index (χ4v) is 3.92. The molecule has 2 N–H and O–H groups in total. The van der Waals surface area contributed by atoms with E-state index in [-0.39, 0.29) is 36.8 Å². The Labute approximate surface area is 172 Å². The van der Waals surface area contributed by atoms with E-state index in [0.29, 0.717) is 18.8 Å². The Hall–Kier alpha value is -0.790. The van der Waals surface area contributed by atoms with Gasteiger partial charge in [-0.2, -0.15) is 0 Å². The maximum absolute atomic E-state index is 12.6. The van der Waals surface area contributed by atoms with E-state index in [1.807, 2.05) is 41.3 Å². The van der Waals surface area contributed by atoms with E-state index < -0.39 is 0 Å². The SMILES string of the molecule is Cl.Cl.NC1CCN(C(=O)c2cccc(Sc3cccc(Br)c3)n2)CC1. The Bertz CT molecular complexity index is 712. The lowest BCUT2D eigenvalue weighted by molar-refractivity contribution is 0.0708. The van der Waals surface area contributed by atoms with E-state index in [0.717, 1.165) is 27.2 Å². The first-order chi connectivity index (χ1) is 11.1. The fraction of sp³-hybridized carbons (Fsp3) is 0.294.